The summed E-state index contributed by atoms with van der Waals surface area (Å²) in [6.07, 6.45) is 16.8. The molecule has 0 radical (unpaired) electrons. The van der Waals surface area contributed by atoms with Gasteiger partial charge in [0.2, 0.25) is 0 Å². The van der Waals surface area contributed by atoms with E-state index in [4.69, 9.17) is 5.26 Å². The number of benzene rings is 1. The lowest BCUT2D eigenvalue weighted by Crippen LogP contribution is -2.13. The van der Waals surface area contributed by atoms with Crippen LogP contribution < -0.4 is 0 Å². The zero-order valence-corrected chi connectivity index (χ0v) is 13.9. The van der Waals surface area contributed by atoms with Gasteiger partial charge in [-0.15, -0.1) is 0 Å². The lowest BCUT2D eigenvalue weighted by Gasteiger charge is -2.26. The van der Waals surface area contributed by atoms with E-state index in [2.05, 4.69) is 37.3 Å². The Morgan fingerprint density at radius 2 is 1.86 bits per heavy atom. The van der Waals surface area contributed by atoms with Crippen molar-refractivity contribution in [1.29, 1.82) is 5.26 Å². The molecule has 2 rings (SSSR count). The van der Waals surface area contributed by atoms with Crippen LogP contribution in [0.3, 0.4) is 0 Å². The van der Waals surface area contributed by atoms with Crippen molar-refractivity contribution in [2.45, 2.75) is 64.7 Å². The van der Waals surface area contributed by atoms with Gasteiger partial charge in [-0.25, -0.2) is 0 Å². The molecule has 1 aliphatic rings. The van der Waals surface area contributed by atoms with Crippen molar-refractivity contribution in [3.05, 3.63) is 47.5 Å². The third-order valence-electron chi connectivity index (χ3n) is 4.95. The van der Waals surface area contributed by atoms with Gasteiger partial charge >= 0.3 is 0 Å². The molecule has 1 nitrogen and oxygen atoms in total. The molecule has 1 heteroatoms. The van der Waals surface area contributed by atoms with Crippen LogP contribution in [0, 0.1) is 23.2 Å². The summed E-state index contributed by atoms with van der Waals surface area (Å²) in [5.41, 5.74) is 2.14. The molecule has 1 saturated carbocycles. The van der Waals surface area contributed by atoms with Crippen LogP contribution in [0.2, 0.25) is 0 Å². The number of nitriles is 1. The number of unbranched alkanes of at least 4 members (excludes halogenated alkanes) is 2. The Morgan fingerprint density at radius 3 is 2.50 bits per heavy atom. The maximum absolute atomic E-state index is 8.82. The van der Waals surface area contributed by atoms with E-state index >= 15 is 0 Å². The van der Waals surface area contributed by atoms with Crippen LogP contribution in [0.25, 0.3) is 0 Å². The molecular formula is C21H29N. The Morgan fingerprint density at radius 1 is 1.14 bits per heavy atom. The minimum atomic E-state index is 0.763. The first-order chi connectivity index (χ1) is 10.8. The van der Waals surface area contributed by atoms with Crippen LogP contribution in [-0.2, 0) is 6.42 Å². The number of allylic oxidation sites excluding steroid dienone is 2. The molecule has 0 heterocycles. The van der Waals surface area contributed by atoms with Gasteiger partial charge in [-0.05, 0) is 74.5 Å². The fourth-order valence-electron chi connectivity index (χ4n) is 3.40. The monoisotopic (exact) mass is 295 g/mol. The van der Waals surface area contributed by atoms with Crippen molar-refractivity contribution in [3.8, 4) is 6.07 Å². The van der Waals surface area contributed by atoms with Gasteiger partial charge in [0.15, 0.2) is 0 Å². The van der Waals surface area contributed by atoms with Crippen LogP contribution in [0.15, 0.2) is 36.4 Å². The van der Waals surface area contributed by atoms with Crippen LogP contribution in [-0.4, -0.2) is 0 Å². The third kappa shape index (κ3) is 5.68. The van der Waals surface area contributed by atoms with Gasteiger partial charge in [0, 0.05) is 0 Å². The van der Waals surface area contributed by atoms with E-state index in [0.29, 0.717) is 0 Å². The largest absolute Gasteiger partial charge is 0.192 e. The highest BCUT2D eigenvalue weighted by atomic mass is 14.2. The van der Waals surface area contributed by atoms with Gasteiger partial charge < -0.3 is 0 Å². The number of nitrogens with zero attached hydrogens (tertiary/aromatic N) is 1. The molecule has 0 amide bonds. The van der Waals surface area contributed by atoms with E-state index in [-0.39, 0.29) is 0 Å². The topological polar surface area (TPSA) is 23.8 Å². The van der Waals surface area contributed by atoms with Crippen LogP contribution in [0.1, 0.15) is 69.4 Å². The second-order valence-electron chi connectivity index (χ2n) is 6.70. The minimum absolute atomic E-state index is 0.763. The van der Waals surface area contributed by atoms with E-state index in [1.54, 1.807) is 0 Å². The summed E-state index contributed by atoms with van der Waals surface area (Å²) in [4.78, 5) is 0. The average molecular weight is 295 g/mol. The summed E-state index contributed by atoms with van der Waals surface area (Å²) in [6, 6.07) is 10.3. The zero-order valence-electron chi connectivity index (χ0n) is 13.9. The Bertz CT molecular complexity index is 484. The fourth-order valence-corrected chi connectivity index (χ4v) is 3.40. The highest BCUT2D eigenvalue weighted by Crippen LogP contribution is 2.32. The molecule has 0 N–H and O–H groups in total. The maximum Gasteiger partial charge on any atom is 0.0991 e. The van der Waals surface area contributed by atoms with E-state index < -0.39 is 0 Å². The van der Waals surface area contributed by atoms with E-state index in [1.807, 2.05) is 12.1 Å². The Balaban J connectivity index is 1.66. The summed E-state index contributed by atoms with van der Waals surface area (Å²) in [5.74, 6) is 1.74. The molecule has 22 heavy (non-hydrogen) atoms. The molecule has 1 aliphatic carbocycles. The van der Waals surface area contributed by atoms with E-state index in [0.717, 1.165) is 23.8 Å². The number of hydrogen-bond donors (Lipinski definition) is 0. The molecule has 118 valence electrons. The zero-order chi connectivity index (χ0) is 15.6. The van der Waals surface area contributed by atoms with Gasteiger partial charge in [0.05, 0.1) is 11.6 Å². The molecule has 1 aromatic carbocycles. The molecular weight excluding hydrogens is 266 g/mol. The molecule has 0 unspecified atom stereocenters. The summed E-state index contributed by atoms with van der Waals surface area (Å²) >= 11 is 0. The normalized spacial score (nSPS) is 21.8. The Hall–Kier alpha value is -1.55. The van der Waals surface area contributed by atoms with E-state index in [1.165, 1.54) is 56.9 Å². The first-order valence-corrected chi connectivity index (χ1v) is 8.97. The first kappa shape index (κ1) is 16.8. The lowest BCUT2D eigenvalue weighted by atomic mass is 9.79. The number of hydrogen-bond acceptors (Lipinski definition) is 1. The van der Waals surface area contributed by atoms with E-state index in [9.17, 15) is 0 Å². The second kappa shape index (κ2) is 9.46. The Labute approximate surface area is 136 Å². The molecule has 1 aromatic rings. The second-order valence-corrected chi connectivity index (χ2v) is 6.70. The number of aryl methyl sites for hydroxylation is 1. The Kier molecular flexibility index (Phi) is 7.23. The van der Waals surface area contributed by atoms with Gasteiger partial charge in [-0.1, -0.05) is 44.1 Å². The quantitative estimate of drug-likeness (QED) is 0.444. The highest BCUT2D eigenvalue weighted by molar-refractivity contribution is 5.31. The van der Waals surface area contributed by atoms with Gasteiger partial charge in [-0.2, -0.15) is 5.26 Å². The molecule has 0 saturated heterocycles. The van der Waals surface area contributed by atoms with Crippen molar-refractivity contribution < 1.29 is 0 Å². The predicted molar refractivity (Wildman–Crippen MR) is 93.6 cm³/mol. The summed E-state index contributed by atoms with van der Waals surface area (Å²) in [5, 5.41) is 8.82. The van der Waals surface area contributed by atoms with Crippen molar-refractivity contribution in [2.75, 3.05) is 0 Å². The fraction of sp³-hybridized carbons (Fsp3) is 0.571. The lowest BCUT2D eigenvalue weighted by molar-refractivity contribution is 0.296. The standard InChI is InChI=1S/C21H29N/c1-2-3-4-5-6-18-7-9-19(10-8-18)11-12-20-13-15-21(17-22)16-14-20/h5-6,13-16,18-19H,2-4,7-12H2,1H3/b6-5+. The summed E-state index contributed by atoms with van der Waals surface area (Å²) < 4.78 is 0. The predicted octanol–water partition coefficient (Wildman–Crippen LogP) is 6.04. The molecule has 1 fully saturated rings. The van der Waals surface area contributed by atoms with Gasteiger partial charge in [0.25, 0.3) is 0 Å². The molecule has 0 aliphatic heterocycles. The highest BCUT2D eigenvalue weighted by Gasteiger charge is 2.19. The first-order valence-electron chi connectivity index (χ1n) is 8.97. The van der Waals surface area contributed by atoms with Crippen molar-refractivity contribution in [1.82, 2.24) is 0 Å². The average Bonchev–Trinajstić information content (AvgIpc) is 2.58. The molecule has 0 spiro atoms. The maximum atomic E-state index is 8.82. The van der Waals surface area contributed by atoms with Crippen LogP contribution in [0.4, 0.5) is 0 Å². The van der Waals surface area contributed by atoms with Crippen molar-refractivity contribution >= 4 is 0 Å². The molecule has 0 bridgehead atoms. The molecule has 0 atom stereocenters. The van der Waals surface area contributed by atoms with Gasteiger partial charge in [-0.3, -0.25) is 0 Å². The van der Waals surface area contributed by atoms with Crippen molar-refractivity contribution in [2.24, 2.45) is 11.8 Å². The third-order valence-corrected chi connectivity index (χ3v) is 4.95. The van der Waals surface area contributed by atoms with Crippen LogP contribution in [0.5, 0.6) is 0 Å². The summed E-state index contributed by atoms with van der Waals surface area (Å²) in [6.45, 7) is 2.26. The number of rotatable bonds is 7. The summed E-state index contributed by atoms with van der Waals surface area (Å²) in [7, 11) is 0. The molecule has 0 aromatic heterocycles. The SMILES string of the molecule is CCCC/C=C/C1CCC(CCc2ccc(C#N)cc2)CC1. The minimum Gasteiger partial charge on any atom is -0.192 e. The van der Waals surface area contributed by atoms with Crippen LogP contribution >= 0.6 is 0 Å². The smallest absolute Gasteiger partial charge is 0.0991 e. The van der Waals surface area contributed by atoms with Gasteiger partial charge in [0.1, 0.15) is 0 Å². The van der Waals surface area contributed by atoms with Crippen molar-refractivity contribution in [3.63, 3.8) is 0 Å².